The van der Waals surface area contributed by atoms with Crippen molar-refractivity contribution in [2.75, 3.05) is 0 Å². The highest BCUT2D eigenvalue weighted by molar-refractivity contribution is 6.35. The van der Waals surface area contributed by atoms with Crippen LogP contribution < -0.4 is 4.74 Å². The Balaban J connectivity index is 2.14. The topological polar surface area (TPSA) is 66.8 Å². The molecule has 0 atom stereocenters. The summed E-state index contributed by atoms with van der Waals surface area (Å²) in [6.45, 7) is -0.0399. The van der Waals surface area contributed by atoms with E-state index in [9.17, 15) is 9.90 Å². The normalized spacial score (nSPS) is 10.4. The maximum Gasteiger partial charge on any atom is 0.335 e. The van der Waals surface area contributed by atoms with Crippen molar-refractivity contribution >= 4 is 29.2 Å². The Morgan fingerprint density at radius 1 is 1.14 bits per heavy atom. The second-order valence-electron chi connectivity index (χ2n) is 4.32. The summed E-state index contributed by atoms with van der Waals surface area (Å²) in [4.78, 5) is 10.8. The lowest BCUT2D eigenvalue weighted by atomic mass is 10.1. The Morgan fingerprint density at radius 3 is 2.38 bits per heavy atom. The van der Waals surface area contributed by atoms with Gasteiger partial charge in [0, 0.05) is 10.6 Å². The largest absolute Gasteiger partial charge is 0.487 e. The van der Waals surface area contributed by atoms with E-state index in [1.165, 1.54) is 18.2 Å². The number of carbonyl (C=O) groups is 1. The van der Waals surface area contributed by atoms with Gasteiger partial charge in [0.25, 0.3) is 0 Å². The summed E-state index contributed by atoms with van der Waals surface area (Å²) in [5.41, 5.74) is 1.49. The fourth-order valence-corrected chi connectivity index (χ4v) is 2.38. The molecule has 0 aromatic heterocycles. The molecule has 0 aliphatic carbocycles. The lowest BCUT2D eigenvalue weighted by Gasteiger charge is -2.12. The molecule has 6 heteroatoms. The first-order valence-electron chi connectivity index (χ1n) is 6.05. The molecule has 2 N–H and O–H groups in total. The molecule has 2 aromatic carbocycles. The van der Waals surface area contributed by atoms with Crippen LogP contribution in [0.1, 0.15) is 21.5 Å². The van der Waals surface area contributed by atoms with Gasteiger partial charge in [-0.15, -0.1) is 0 Å². The molecule has 0 heterocycles. The number of aliphatic hydroxyl groups is 1. The van der Waals surface area contributed by atoms with Gasteiger partial charge < -0.3 is 14.9 Å². The second-order valence-corrected chi connectivity index (χ2v) is 5.17. The van der Waals surface area contributed by atoms with Crippen LogP contribution in [0.3, 0.4) is 0 Å². The number of carboxylic acid groups (broad SMARTS) is 1. The van der Waals surface area contributed by atoms with E-state index in [-0.39, 0.29) is 18.8 Å². The highest BCUT2D eigenvalue weighted by Crippen LogP contribution is 2.33. The molecule has 2 aromatic rings. The number of rotatable bonds is 5. The van der Waals surface area contributed by atoms with Crippen LogP contribution in [0.25, 0.3) is 0 Å². The number of aliphatic hydroxyl groups excluding tert-OH is 1. The van der Waals surface area contributed by atoms with Gasteiger partial charge in [0.2, 0.25) is 0 Å². The predicted octanol–water partition coefficient (Wildman–Crippen LogP) is 3.76. The molecule has 0 unspecified atom stereocenters. The van der Waals surface area contributed by atoms with Crippen molar-refractivity contribution in [2.24, 2.45) is 0 Å². The van der Waals surface area contributed by atoms with E-state index >= 15 is 0 Å². The van der Waals surface area contributed by atoms with Crippen molar-refractivity contribution in [1.29, 1.82) is 0 Å². The van der Waals surface area contributed by atoms with E-state index < -0.39 is 5.97 Å². The molecule has 4 nitrogen and oxygen atoms in total. The molecular formula is C15H12Cl2O4. The molecule has 0 bridgehead atoms. The summed E-state index contributed by atoms with van der Waals surface area (Å²) < 4.78 is 5.60. The van der Waals surface area contributed by atoms with E-state index in [0.717, 1.165) is 5.56 Å². The monoisotopic (exact) mass is 326 g/mol. The molecule has 0 aliphatic rings. The smallest absolute Gasteiger partial charge is 0.335 e. The highest BCUT2D eigenvalue weighted by atomic mass is 35.5. The Morgan fingerprint density at radius 2 is 1.81 bits per heavy atom. The van der Waals surface area contributed by atoms with Crippen molar-refractivity contribution in [3.63, 3.8) is 0 Å². The lowest BCUT2D eigenvalue weighted by Crippen LogP contribution is -2.01. The molecule has 2 rings (SSSR count). The zero-order chi connectivity index (χ0) is 15.4. The van der Waals surface area contributed by atoms with E-state index in [0.29, 0.717) is 21.4 Å². The Bertz CT molecular complexity index is 653. The summed E-state index contributed by atoms with van der Waals surface area (Å²) in [5.74, 6) is -0.614. The van der Waals surface area contributed by atoms with Crippen molar-refractivity contribution < 1.29 is 19.7 Å². The van der Waals surface area contributed by atoms with Gasteiger partial charge in [-0.25, -0.2) is 4.79 Å². The fraction of sp³-hybridized carbons (Fsp3) is 0.133. The first kappa shape index (κ1) is 15.6. The average Bonchev–Trinajstić information content (AvgIpc) is 2.46. The molecular weight excluding hydrogens is 315 g/mol. The summed E-state index contributed by atoms with van der Waals surface area (Å²) in [7, 11) is 0. The summed E-state index contributed by atoms with van der Waals surface area (Å²) >= 11 is 11.9. The van der Waals surface area contributed by atoms with Crippen LogP contribution in [-0.2, 0) is 13.2 Å². The standard InChI is InChI=1S/C15H12Cl2O4/c16-12-5-11(7-18)14(13(17)6-12)21-8-9-1-3-10(4-2-9)15(19)20/h1-6,18H,7-8H2,(H,19,20). The molecule has 0 aliphatic heterocycles. The zero-order valence-corrected chi connectivity index (χ0v) is 12.4. The Kier molecular flexibility index (Phi) is 5.07. The number of hydrogen-bond donors (Lipinski definition) is 2. The van der Waals surface area contributed by atoms with Crippen LogP contribution in [-0.4, -0.2) is 16.2 Å². The number of aromatic carboxylic acids is 1. The van der Waals surface area contributed by atoms with Crippen molar-refractivity contribution in [1.82, 2.24) is 0 Å². The third-order valence-corrected chi connectivity index (χ3v) is 3.34. The van der Waals surface area contributed by atoms with Crippen LogP contribution in [0.2, 0.25) is 10.0 Å². The first-order valence-corrected chi connectivity index (χ1v) is 6.80. The van der Waals surface area contributed by atoms with Gasteiger partial charge in [-0.05, 0) is 29.8 Å². The highest BCUT2D eigenvalue weighted by Gasteiger charge is 2.10. The minimum atomic E-state index is -0.981. The van der Waals surface area contributed by atoms with Gasteiger partial charge in [-0.1, -0.05) is 35.3 Å². The van der Waals surface area contributed by atoms with E-state index in [4.69, 9.17) is 33.0 Å². The molecule has 21 heavy (non-hydrogen) atoms. The van der Waals surface area contributed by atoms with Crippen molar-refractivity contribution in [3.8, 4) is 5.75 Å². The SMILES string of the molecule is O=C(O)c1ccc(COc2c(Cl)cc(Cl)cc2CO)cc1. The van der Waals surface area contributed by atoms with Gasteiger partial charge in [0.05, 0.1) is 17.2 Å². The van der Waals surface area contributed by atoms with Gasteiger partial charge in [0.1, 0.15) is 12.4 Å². The number of hydrogen-bond acceptors (Lipinski definition) is 3. The van der Waals surface area contributed by atoms with E-state index in [1.807, 2.05) is 0 Å². The average molecular weight is 327 g/mol. The fourth-order valence-electron chi connectivity index (χ4n) is 1.79. The molecule has 0 fully saturated rings. The molecule has 0 spiro atoms. The summed E-state index contributed by atoms with van der Waals surface area (Å²) in [5, 5.41) is 18.9. The van der Waals surface area contributed by atoms with Crippen LogP contribution in [0.5, 0.6) is 5.75 Å². The van der Waals surface area contributed by atoms with Gasteiger partial charge >= 0.3 is 5.97 Å². The molecule has 0 saturated heterocycles. The first-order chi connectivity index (χ1) is 10.0. The molecule has 0 saturated carbocycles. The van der Waals surface area contributed by atoms with E-state index in [2.05, 4.69) is 0 Å². The molecule has 110 valence electrons. The number of halogens is 2. The van der Waals surface area contributed by atoms with Gasteiger partial charge in [-0.2, -0.15) is 0 Å². The quantitative estimate of drug-likeness (QED) is 0.877. The van der Waals surface area contributed by atoms with Gasteiger partial charge in [0.15, 0.2) is 0 Å². The third kappa shape index (κ3) is 3.88. The summed E-state index contributed by atoms with van der Waals surface area (Å²) in [6.07, 6.45) is 0. The van der Waals surface area contributed by atoms with Crippen molar-refractivity contribution in [3.05, 3.63) is 63.1 Å². The van der Waals surface area contributed by atoms with Crippen LogP contribution in [0, 0.1) is 0 Å². The zero-order valence-electron chi connectivity index (χ0n) is 10.8. The lowest BCUT2D eigenvalue weighted by molar-refractivity contribution is 0.0697. The maximum absolute atomic E-state index is 10.8. The minimum Gasteiger partial charge on any atom is -0.487 e. The Hall–Kier alpha value is -1.75. The van der Waals surface area contributed by atoms with E-state index in [1.54, 1.807) is 18.2 Å². The third-order valence-electron chi connectivity index (χ3n) is 2.84. The second kappa shape index (κ2) is 6.80. The van der Waals surface area contributed by atoms with Gasteiger partial charge in [-0.3, -0.25) is 0 Å². The Labute approximate surface area is 131 Å². The number of ether oxygens (including phenoxy) is 1. The minimum absolute atomic E-state index is 0.203. The number of carboxylic acids is 1. The molecule has 0 radical (unpaired) electrons. The van der Waals surface area contributed by atoms with Crippen LogP contribution in [0.15, 0.2) is 36.4 Å². The number of benzene rings is 2. The maximum atomic E-state index is 10.8. The summed E-state index contributed by atoms with van der Waals surface area (Å²) in [6, 6.07) is 9.42. The predicted molar refractivity (Wildman–Crippen MR) is 80.1 cm³/mol. The molecule has 0 amide bonds. The van der Waals surface area contributed by atoms with Crippen LogP contribution in [0.4, 0.5) is 0 Å². The van der Waals surface area contributed by atoms with Crippen LogP contribution >= 0.6 is 23.2 Å². The van der Waals surface area contributed by atoms with Crippen molar-refractivity contribution in [2.45, 2.75) is 13.2 Å².